The van der Waals surface area contributed by atoms with E-state index in [1.54, 1.807) is 0 Å². The van der Waals surface area contributed by atoms with E-state index in [4.69, 9.17) is 9.73 Å². The van der Waals surface area contributed by atoms with Crippen molar-refractivity contribution in [3.63, 3.8) is 0 Å². The Labute approximate surface area is 185 Å². The molecule has 2 aliphatic heterocycles. The van der Waals surface area contributed by atoms with E-state index >= 15 is 0 Å². The van der Waals surface area contributed by atoms with Gasteiger partial charge in [-0.05, 0) is 43.6 Å². The molecule has 2 aliphatic rings. The number of guanidine groups is 1. The number of aliphatic imine (C=N–C) groups is 1. The Morgan fingerprint density at radius 1 is 1.37 bits per heavy atom. The summed E-state index contributed by atoms with van der Waals surface area (Å²) in [6.45, 7) is 11.6. The minimum atomic E-state index is 0. The molecule has 0 spiro atoms. The third-order valence-corrected chi connectivity index (χ3v) is 6.47. The molecule has 0 aromatic carbocycles. The highest BCUT2D eigenvalue weighted by molar-refractivity contribution is 14.0. The molecule has 2 saturated heterocycles. The lowest BCUT2D eigenvalue weighted by Crippen LogP contribution is -2.49. The minimum absolute atomic E-state index is 0. The summed E-state index contributed by atoms with van der Waals surface area (Å²) in [5.74, 6) is 2.19. The molecular weight excluding hydrogens is 471 g/mol. The number of hydrogen-bond donors (Lipinski definition) is 2. The van der Waals surface area contributed by atoms with Crippen molar-refractivity contribution < 1.29 is 4.74 Å². The van der Waals surface area contributed by atoms with Gasteiger partial charge in [0.1, 0.15) is 0 Å². The van der Waals surface area contributed by atoms with Gasteiger partial charge in [-0.1, -0.05) is 13.0 Å². The Morgan fingerprint density at radius 3 is 2.81 bits per heavy atom. The fourth-order valence-corrected chi connectivity index (χ4v) is 4.53. The third kappa shape index (κ3) is 7.51. The van der Waals surface area contributed by atoms with Gasteiger partial charge in [-0.25, -0.2) is 0 Å². The van der Waals surface area contributed by atoms with Crippen LogP contribution in [0, 0.1) is 5.92 Å². The summed E-state index contributed by atoms with van der Waals surface area (Å²) in [4.78, 5) is 8.86. The molecule has 2 atom stereocenters. The maximum absolute atomic E-state index is 5.51. The second-order valence-electron chi connectivity index (χ2n) is 7.58. The first-order valence-electron chi connectivity index (χ1n) is 10.1. The molecule has 3 rings (SSSR count). The fraction of sp³-hybridized carbons (Fsp3) is 0.750. The van der Waals surface area contributed by atoms with Gasteiger partial charge in [-0.15, -0.1) is 35.3 Å². The van der Waals surface area contributed by atoms with Crippen LogP contribution in [0.15, 0.2) is 22.5 Å². The molecule has 1 aromatic heterocycles. The number of hydrogen-bond acceptors (Lipinski definition) is 4. The molecule has 3 heterocycles. The predicted molar refractivity (Wildman–Crippen MR) is 126 cm³/mol. The number of nitrogens with one attached hydrogen (secondary N) is 2. The highest BCUT2D eigenvalue weighted by atomic mass is 127. The number of rotatable bonds is 7. The second-order valence-corrected chi connectivity index (χ2v) is 8.56. The lowest BCUT2D eigenvalue weighted by Gasteiger charge is -2.34. The topological polar surface area (TPSA) is 48.9 Å². The summed E-state index contributed by atoms with van der Waals surface area (Å²) in [7, 11) is 0. The van der Waals surface area contributed by atoms with Crippen LogP contribution < -0.4 is 10.6 Å². The first-order valence-corrected chi connectivity index (χ1v) is 11.0. The van der Waals surface area contributed by atoms with Crippen LogP contribution in [0.2, 0.25) is 0 Å². The van der Waals surface area contributed by atoms with E-state index in [9.17, 15) is 0 Å². The summed E-state index contributed by atoms with van der Waals surface area (Å²) in [6.07, 6.45) is 3.62. The smallest absolute Gasteiger partial charge is 0.191 e. The third-order valence-electron chi connectivity index (χ3n) is 5.37. The van der Waals surface area contributed by atoms with Gasteiger partial charge in [0.25, 0.3) is 0 Å². The minimum Gasteiger partial charge on any atom is -0.381 e. The van der Waals surface area contributed by atoms with Crippen molar-refractivity contribution in [2.45, 2.75) is 45.1 Å². The van der Waals surface area contributed by atoms with Gasteiger partial charge in [0, 0.05) is 49.6 Å². The summed E-state index contributed by atoms with van der Waals surface area (Å²) >= 11 is 1.82. The molecule has 2 unspecified atom stereocenters. The first-order chi connectivity index (χ1) is 12.7. The van der Waals surface area contributed by atoms with Gasteiger partial charge in [0.2, 0.25) is 0 Å². The number of ether oxygens (including phenoxy) is 1. The average molecular weight is 506 g/mol. The van der Waals surface area contributed by atoms with Crippen molar-refractivity contribution in [2.24, 2.45) is 10.9 Å². The normalized spacial score (nSPS) is 23.0. The molecule has 5 nitrogen and oxygen atoms in total. The molecule has 7 heteroatoms. The lowest BCUT2D eigenvalue weighted by atomic mass is 10.0. The van der Waals surface area contributed by atoms with Gasteiger partial charge in [0.05, 0.1) is 13.2 Å². The van der Waals surface area contributed by atoms with Crippen LogP contribution in [0.3, 0.4) is 0 Å². The molecule has 0 aliphatic carbocycles. The summed E-state index contributed by atoms with van der Waals surface area (Å²) in [6, 6.07) is 4.85. The van der Waals surface area contributed by atoms with E-state index < -0.39 is 0 Å². The summed E-state index contributed by atoms with van der Waals surface area (Å²) in [5.41, 5.74) is 0. The number of likely N-dealkylation sites (tertiary alicyclic amines) is 1. The molecule has 27 heavy (non-hydrogen) atoms. The summed E-state index contributed by atoms with van der Waals surface area (Å²) in [5, 5.41) is 9.22. The monoisotopic (exact) mass is 506 g/mol. The average Bonchev–Trinajstić information content (AvgIpc) is 3.35. The zero-order valence-electron chi connectivity index (χ0n) is 16.7. The van der Waals surface area contributed by atoms with Gasteiger partial charge in [-0.2, -0.15) is 0 Å². The van der Waals surface area contributed by atoms with E-state index in [0.29, 0.717) is 12.0 Å². The van der Waals surface area contributed by atoms with E-state index in [-0.39, 0.29) is 24.0 Å². The van der Waals surface area contributed by atoms with Crippen LogP contribution in [0.1, 0.15) is 43.9 Å². The second kappa shape index (κ2) is 12.2. The van der Waals surface area contributed by atoms with Crippen LogP contribution in [-0.4, -0.2) is 62.8 Å². The first kappa shape index (κ1) is 22.9. The zero-order valence-corrected chi connectivity index (χ0v) is 19.8. The van der Waals surface area contributed by atoms with Crippen molar-refractivity contribution in [1.29, 1.82) is 0 Å². The number of thiophene rings is 1. The van der Waals surface area contributed by atoms with Crippen molar-refractivity contribution in [3.8, 4) is 0 Å². The number of piperidine rings is 1. The van der Waals surface area contributed by atoms with Gasteiger partial charge >= 0.3 is 0 Å². The Hall–Kier alpha value is -0.380. The largest absolute Gasteiger partial charge is 0.381 e. The molecule has 0 bridgehead atoms. The SMILES string of the molecule is CCNC(=NCC(C)c1cccs1)NC1CCN(CC2CCOC2)CC1.I. The molecular formula is C20H35IN4OS. The van der Waals surface area contributed by atoms with Crippen LogP contribution in [0.5, 0.6) is 0 Å². The van der Waals surface area contributed by atoms with E-state index in [1.165, 1.54) is 43.8 Å². The van der Waals surface area contributed by atoms with Crippen LogP contribution in [0.4, 0.5) is 0 Å². The predicted octanol–water partition coefficient (Wildman–Crippen LogP) is 3.53. The molecule has 0 amide bonds. The fourth-order valence-electron chi connectivity index (χ4n) is 3.76. The van der Waals surface area contributed by atoms with Crippen LogP contribution in [-0.2, 0) is 4.74 Å². The van der Waals surface area contributed by atoms with Crippen molar-refractivity contribution in [1.82, 2.24) is 15.5 Å². The Bertz CT molecular complexity index is 540. The highest BCUT2D eigenvalue weighted by Crippen LogP contribution is 2.21. The lowest BCUT2D eigenvalue weighted by molar-refractivity contribution is 0.150. The van der Waals surface area contributed by atoms with Gasteiger partial charge in [0.15, 0.2) is 5.96 Å². The van der Waals surface area contributed by atoms with E-state index in [0.717, 1.165) is 38.2 Å². The molecule has 2 N–H and O–H groups in total. The van der Waals surface area contributed by atoms with Gasteiger partial charge in [-0.3, -0.25) is 4.99 Å². The Kier molecular flexibility index (Phi) is 10.4. The molecule has 0 saturated carbocycles. The van der Waals surface area contributed by atoms with Crippen molar-refractivity contribution in [2.75, 3.05) is 45.9 Å². The zero-order chi connectivity index (χ0) is 18.2. The molecule has 154 valence electrons. The summed E-state index contributed by atoms with van der Waals surface area (Å²) < 4.78 is 5.51. The number of nitrogens with zero attached hydrogens (tertiary/aromatic N) is 2. The van der Waals surface area contributed by atoms with E-state index in [2.05, 4.69) is 46.9 Å². The van der Waals surface area contributed by atoms with Crippen LogP contribution in [0.25, 0.3) is 0 Å². The van der Waals surface area contributed by atoms with Gasteiger partial charge < -0.3 is 20.3 Å². The molecule has 2 fully saturated rings. The molecule has 1 aromatic rings. The van der Waals surface area contributed by atoms with E-state index in [1.807, 2.05) is 11.3 Å². The van der Waals surface area contributed by atoms with Crippen LogP contribution >= 0.6 is 35.3 Å². The van der Waals surface area contributed by atoms with Crippen molar-refractivity contribution in [3.05, 3.63) is 22.4 Å². The maximum atomic E-state index is 5.51. The number of halogens is 1. The Morgan fingerprint density at radius 2 is 2.19 bits per heavy atom. The standard InChI is InChI=1S/C20H34N4OS.HI/c1-3-21-20(22-13-16(2)19-5-4-12-26-19)23-18-6-9-24(10-7-18)14-17-8-11-25-15-17;/h4-5,12,16-18H,3,6-11,13-15H2,1-2H3,(H2,21,22,23);1H. The quantitative estimate of drug-likeness (QED) is 0.338. The molecule has 0 radical (unpaired) electrons. The van der Waals surface area contributed by atoms with Crippen molar-refractivity contribution >= 4 is 41.3 Å². The maximum Gasteiger partial charge on any atom is 0.191 e. The highest BCUT2D eigenvalue weighted by Gasteiger charge is 2.24. The Balaban J connectivity index is 0.00000261.